The van der Waals surface area contributed by atoms with Crippen LogP contribution in [-0.2, 0) is 7.05 Å². The molecule has 3 nitrogen and oxygen atoms in total. The molecule has 1 aromatic rings. The molecule has 0 aliphatic carbocycles. The normalized spacial score (nSPS) is 19.1. The molecule has 1 aliphatic rings. The van der Waals surface area contributed by atoms with E-state index in [4.69, 9.17) is 4.74 Å². The third-order valence-corrected chi connectivity index (χ3v) is 2.92. The van der Waals surface area contributed by atoms with Crippen molar-refractivity contribution in [3.05, 3.63) is 24.5 Å². The van der Waals surface area contributed by atoms with Crippen LogP contribution in [-0.4, -0.2) is 31.1 Å². The Morgan fingerprint density at radius 2 is 1.87 bits per heavy atom. The van der Waals surface area contributed by atoms with Gasteiger partial charge in [0.15, 0.2) is 12.4 Å². The summed E-state index contributed by atoms with van der Waals surface area (Å²) < 4.78 is 7.93. The van der Waals surface area contributed by atoms with Crippen molar-refractivity contribution < 1.29 is 9.30 Å². The molecule has 0 unspecified atom stereocenters. The standard InChI is InChI=1S/C12H19N2O/c1-13-7-3-11(4-8-13)15-12-5-9-14(2)10-6-12/h3-4,7-8,12H,5-6,9-10H2,1-2H3/q+1. The average Bonchev–Trinajstić information content (AvgIpc) is 2.25. The van der Waals surface area contributed by atoms with Crippen LogP contribution < -0.4 is 9.30 Å². The fourth-order valence-corrected chi connectivity index (χ4v) is 1.86. The summed E-state index contributed by atoms with van der Waals surface area (Å²) >= 11 is 0. The second-order valence-corrected chi connectivity index (χ2v) is 4.32. The first-order chi connectivity index (χ1) is 7.24. The molecule has 1 fully saturated rings. The van der Waals surface area contributed by atoms with Crippen LogP contribution in [0.2, 0.25) is 0 Å². The number of ether oxygens (including phenoxy) is 1. The predicted molar refractivity (Wildman–Crippen MR) is 58.8 cm³/mol. The topological polar surface area (TPSA) is 16.4 Å². The average molecular weight is 207 g/mol. The fourth-order valence-electron chi connectivity index (χ4n) is 1.86. The molecule has 0 radical (unpaired) electrons. The van der Waals surface area contributed by atoms with E-state index in [1.54, 1.807) is 0 Å². The molecular formula is C12H19N2O+. The lowest BCUT2D eigenvalue weighted by atomic mass is 10.1. The maximum atomic E-state index is 5.92. The lowest BCUT2D eigenvalue weighted by Gasteiger charge is -2.29. The van der Waals surface area contributed by atoms with Gasteiger partial charge in [0.05, 0.1) is 0 Å². The van der Waals surface area contributed by atoms with Crippen molar-refractivity contribution in [2.75, 3.05) is 20.1 Å². The summed E-state index contributed by atoms with van der Waals surface area (Å²) in [6.07, 6.45) is 6.71. The van der Waals surface area contributed by atoms with Crippen LogP contribution in [0.1, 0.15) is 12.8 Å². The smallest absolute Gasteiger partial charge is 0.172 e. The van der Waals surface area contributed by atoms with Gasteiger partial charge >= 0.3 is 0 Å². The van der Waals surface area contributed by atoms with Crippen LogP contribution in [0.4, 0.5) is 0 Å². The summed E-state index contributed by atoms with van der Waals surface area (Å²) in [6, 6.07) is 4.05. The highest BCUT2D eigenvalue weighted by Crippen LogP contribution is 2.16. The molecule has 2 heterocycles. The van der Waals surface area contributed by atoms with Gasteiger partial charge in [0.25, 0.3) is 0 Å². The Morgan fingerprint density at radius 3 is 2.47 bits per heavy atom. The lowest BCUT2D eigenvalue weighted by molar-refractivity contribution is -0.671. The molecule has 2 rings (SSSR count). The summed E-state index contributed by atoms with van der Waals surface area (Å²) in [5.74, 6) is 0.989. The number of nitrogens with zero attached hydrogens (tertiary/aromatic N) is 2. The van der Waals surface area contributed by atoms with E-state index in [9.17, 15) is 0 Å². The summed E-state index contributed by atoms with van der Waals surface area (Å²) in [5.41, 5.74) is 0. The van der Waals surface area contributed by atoms with Gasteiger partial charge in [-0.3, -0.25) is 0 Å². The number of rotatable bonds is 2. The molecule has 1 aliphatic heterocycles. The van der Waals surface area contributed by atoms with Gasteiger partial charge in [-0.2, -0.15) is 0 Å². The third kappa shape index (κ3) is 2.93. The molecule has 0 saturated carbocycles. The van der Waals surface area contributed by atoms with Gasteiger partial charge in [-0.1, -0.05) is 0 Å². The molecule has 82 valence electrons. The number of aromatic nitrogens is 1. The van der Waals surface area contributed by atoms with Crippen molar-refractivity contribution in [2.45, 2.75) is 18.9 Å². The van der Waals surface area contributed by atoms with E-state index < -0.39 is 0 Å². The largest absolute Gasteiger partial charge is 0.490 e. The lowest BCUT2D eigenvalue weighted by Crippen LogP contribution is -2.35. The van der Waals surface area contributed by atoms with Crippen LogP contribution in [0, 0.1) is 0 Å². The third-order valence-electron chi connectivity index (χ3n) is 2.92. The second-order valence-electron chi connectivity index (χ2n) is 4.32. The van der Waals surface area contributed by atoms with Crippen molar-refractivity contribution in [3.8, 4) is 5.75 Å². The molecule has 0 atom stereocenters. The first-order valence-electron chi connectivity index (χ1n) is 5.54. The number of likely N-dealkylation sites (tertiary alicyclic amines) is 1. The van der Waals surface area contributed by atoms with Gasteiger partial charge < -0.3 is 9.64 Å². The Kier molecular flexibility index (Phi) is 3.21. The minimum atomic E-state index is 0.397. The Hall–Kier alpha value is -1.09. The maximum absolute atomic E-state index is 5.92. The van der Waals surface area contributed by atoms with E-state index in [0.29, 0.717) is 6.10 Å². The second kappa shape index (κ2) is 4.62. The van der Waals surface area contributed by atoms with Crippen molar-refractivity contribution in [2.24, 2.45) is 7.05 Å². The molecule has 1 saturated heterocycles. The zero-order chi connectivity index (χ0) is 10.7. The Balaban J connectivity index is 1.89. The van der Waals surface area contributed by atoms with Gasteiger partial charge in [0.2, 0.25) is 0 Å². The SMILES string of the molecule is CN1CCC(Oc2cc[n+](C)cc2)CC1. The van der Waals surface area contributed by atoms with E-state index in [1.165, 1.54) is 0 Å². The van der Waals surface area contributed by atoms with Crippen LogP contribution in [0.25, 0.3) is 0 Å². The van der Waals surface area contributed by atoms with Gasteiger partial charge in [0, 0.05) is 25.2 Å². The predicted octanol–water partition coefficient (Wildman–Crippen LogP) is 0.984. The highest BCUT2D eigenvalue weighted by atomic mass is 16.5. The monoisotopic (exact) mass is 207 g/mol. The first-order valence-corrected chi connectivity index (χ1v) is 5.54. The minimum absolute atomic E-state index is 0.397. The first kappa shape index (κ1) is 10.4. The molecule has 0 amide bonds. The Labute approximate surface area is 91.3 Å². The van der Waals surface area contributed by atoms with Crippen LogP contribution in [0.15, 0.2) is 24.5 Å². The van der Waals surface area contributed by atoms with E-state index in [0.717, 1.165) is 31.7 Å². The highest BCUT2D eigenvalue weighted by Gasteiger charge is 2.17. The number of piperidine rings is 1. The summed E-state index contributed by atoms with van der Waals surface area (Å²) in [7, 11) is 4.18. The molecule has 0 bridgehead atoms. The van der Waals surface area contributed by atoms with Gasteiger partial charge in [-0.15, -0.1) is 0 Å². The zero-order valence-corrected chi connectivity index (χ0v) is 9.52. The summed E-state index contributed by atoms with van der Waals surface area (Å²) in [6.45, 7) is 2.29. The number of pyridine rings is 1. The van der Waals surface area contributed by atoms with Crippen LogP contribution >= 0.6 is 0 Å². The molecule has 0 N–H and O–H groups in total. The molecule has 0 aromatic carbocycles. The van der Waals surface area contributed by atoms with Crippen molar-refractivity contribution in [1.82, 2.24) is 4.90 Å². The van der Waals surface area contributed by atoms with E-state index in [2.05, 4.69) is 11.9 Å². The fraction of sp³-hybridized carbons (Fsp3) is 0.583. The molecule has 0 spiro atoms. The number of hydrogen-bond donors (Lipinski definition) is 0. The molecule has 1 aromatic heterocycles. The summed E-state index contributed by atoms with van der Waals surface area (Å²) in [4.78, 5) is 2.35. The van der Waals surface area contributed by atoms with Crippen molar-refractivity contribution in [1.29, 1.82) is 0 Å². The maximum Gasteiger partial charge on any atom is 0.172 e. The number of aryl methyl sites for hydroxylation is 1. The van der Waals surface area contributed by atoms with Crippen molar-refractivity contribution >= 4 is 0 Å². The highest BCUT2D eigenvalue weighted by molar-refractivity contribution is 5.15. The van der Waals surface area contributed by atoms with Gasteiger partial charge in [-0.05, 0) is 19.9 Å². The van der Waals surface area contributed by atoms with Crippen molar-refractivity contribution in [3.63, 3.8) is 0 Å². The summed E-state index contributed by atoms with van der Waals surface area (Å²) in [5, 5.41) is 0. The van der Waals surface area contributed by atoms with Crippen LogP contribution in [0.3, 0.4) is 0 Å². The quantitative estimate of drug-likeness (QED) is 0.672. The number of hydrogen-bond acceptors (Lipinski definition) is 2. The zero-order valence-electron chi connectivity index (χ0n) is 9.52. The molecule has 3 heteroatoms. The van der Waals surface area contributed by atoms with Crippen LogP contribution in [0.5, 0.6) is 5.75 Å². The van der Waals surface area contributed by atoms with E-state index >= 15 is 0 Å². The van der Waals surface area contributed by atoms with E-state index in [-0.39, 0.29) is 0 Å². The Morgan fingerprint density at radius 1 is 1.27 bits per heavy atom. The van der Waals surface area contributed by atoms with Gasteiger partial charge in [0.1, 0.15) is 18.9 Å². The molecule has 15 heavy (non-hydrogen) atoms. The van der Waals surface area contributed by atoms with E-state index in [1.807, 2.05) is 36.1 Å². The van der Waals surface area contributed by atoms with Gasteiger partial charge in [-0.25, -0.2) is 4.57 Å². The Bertz CT molecular complexity index is 302. The minimum Gasteiger partial charge on any atom is -0.490 e. The molecular weight excluding hydrogens is 188 g/mol.